The van der Waals surface area contributed by atoms with E-state index in [2.05, 4.69) is 5.32 Å². The van der Waals surface area contributed by atoms with E-state index in [1.807, 2.05) is 0 Å². The molecule has 1 aliphatic heterocycles. The highest BCUT2D eigenvalue weighted by Gasteiger charge is 2.27. The quantitative estimate of drug-likeness (QED) is 0.649. The Morgan fingerprint density at radius 1 is 1.17 bits per heavy atom. The molecule has 0 saturated heterocycles. The summed E-state index contributed by atoms with van der Waals surface area (Å²) in [6.07, 6.45) is 4.44. The predicted molar refractivity (Wildman–Crippen MR) is 63.2 cm³/mol. The van der Waals surface area contributed by atoms with Crippen molar-refractivity contribution in [1.82, 2.24) is 5.32 Å². The third-order valence-corrected chi connectivity index (χ3v) is 2.59. The number of nitrogens with one attached hydrogen (secondary N) is 1. The molecule has 0 fully saturated rings. The van der Waals surface area contributed by atoms with Crippen molar-refractivity contribution in [3.8, 4) is 0 Å². The molecular weight excluding hydrogens is 238 g/mol. The van der Waals surface area contributed by atoms with Crippen LogP contribution in [0.5, 0.6) is 0 Å². The van der Waals surface area contributed by atoms with Gasteiger partial charge in [0.1, 0.15) is 0 Å². The lowest BCUT2D eigenvalue weighted by molar-refractivity contribution is -0.429. The first kappa shape index (κ1) is 11.8. The molecule has 0 bridgehead atoms. The summed E-state index contributed by atoms with van der Waals surface area (Å²) in [5.74, 6) is -0.582. The van der Waals surface area contributed by atoms with Crippen LogP contribution in [0.4, 0.5) is 5.69 Å². The van der Waals surface area contributed by atoms with E-state index in [0.717, 1.165) is 0 Å². The van der Waals surface area contributed by atoms with E-state index in [0.29, 0.717) is 5.56 Å². The van der Waals surface area contributed by atoms with Crippen LogP contribution in [0.3, 0.4) is 0 Å². The molecule has 92 valence electrons. The van der Waals surface area contributed by atoms with Crippen LogP contribution in [0.15, 0.2) is 48.4 Å². The summed E-state index contributed by atoms with van der Waals surface area (Å²) in [5, 5.41) is 24.2. The number of hydrogen-bond acceptors (Lipinski definition) is 5. The minimum atomic E-state index is -0.582. The fourth-order valence-electron chi connectivity index (χ4n) is 1.75. The molecule has 18 heavy (non-hydrogen) atoms. The van der Waals surface area contributed by atoms with Crippen molar-refractivity contribution < 1.29 is 9.85 Å². The smallest absolute Gasteiger partial charge is 0.273 e. The van der Waals surface area contributed by atoms with Gasteiger partial charge in [-0.25, -0.2) is 0 Å². The molecule has 1 heterocycles. The Labute approximate surface area is 102 Å². The number of nitrogens with zero attached hydrogens (tertiary/aromatic N) is 2. The van der Waals surface area contributed by atoms with Crippen molar-refractivity contribution in [1.29, 1.82) is 0 Å². The maximum atomic E-state index is 10.9. The Morgan fingerprint density at radius 2 is 1.94 bits per heavy atom. The SMILES string of the molecule is O=[N+]([O-])C1=CNC=CC1c1cccc([N+](=O)[O-])c1. The maximum Gasteiger partial charge on any atom is 0.273 e. The summed E-state index contributed by atoms with van der Waals surface area (Å²) < 4.78 is 0. The highest BCUT2D eigenvalue weighted by molar-refractivity contribution is 5.41. The van der Waals surface area contributed by atoms with Gasteiger partial charge in [0.25, 0.3) is 11.4 Å². The minimum Gasteiger partial charge on any atom is -0.363 e. The molecule has 1 aliphatic rings. The lowest BCUT2D eigenvalue weighted by Crippen LogP contribution is -2.16. The van der Waals surface area contributed by atoms with Gasteiger partial charge in [-0.15, -0.1) is 0 Å². The number of nitro groups is 2. The van der Waals surface area contributed by atoms with Gasteiger partial charge in [0.05, 0.1) is 22.0 Å². The zero-order chi connectivity index (χ0) is 13.1. The van der Waals surface area contributed by atoms with Crippen LogP contribution in [-0.4, -0.2) is 9.85 Å². The predicted octanol–water partition coefficient (Wildman–Crippen LogP) is 1.91. The van der Waals surface area contributed by atoms with Crippen molar-refractivity contribution in [2.45, 2.75) is 5.92 Å². The van der Waals surface area contributed by atoms with Gasteiger partial charge in [0, 0.05) is 12.1 Å². The average molecular weight is 247 g/mol. The van der Waals surface area contributed by atoms with Gasteiger partial charge in [-0.05, 0) is 11.8 Å². The molecule has 1 atom stereocenters. The Morgan fingerprint density at radius 3 is 2.61 bits per heavy atom. The van der Waals surface area contributed by atoms with E-state index in [9.17, 15) is 20.2 Å². The van der Waals surface area contributed by atoms with E-state index < -0.39 is 15.8 Å². The topological polar surface area (TPSA) is 98.3 Å². The normalized spacial score (nSPS) is 17.8. The molecule has 1 aromatic rings. The number of non-ortho nitro benzene ring substituents is 1. The molecule has 2 rings (SSSR count). The zero-order valence-corrected chi connectivity index (χ0v) is 9.15. The Hall–Kier alpha value is -2.70. The third kappa shape index (κ3) is 2.19. The molecule has 0 aliphatic carbocycles. The van der Waals surface area contributed by atoms with Crippen LogP contribution in [-0.2, 0) is 0 Å². The van der Waals surface area contributed by atoms with E-state index in [4.69, 9.17) is 0 Å². The molecule has 7 nitrogen and oxygen atoms in total. The molecule has 0 radical (unpaired) electrons. The monoisotopic (exact) mass is 247 g/mol. The highest BCUT2D eigenvalue weighted by atomic mass is 16.6. The lowest BCUT2D eigenvalue weighted by Gasteiger charge is -2.13. The Balaban J connectivity index is 2.41. The summed E-state index contributed by atoms with van der Waals surface area (Å²) in [4.78, 5) is 20.5. The summed E-state index contributed by atoms with van der Waals surface area (Å²) in [7, 11) is 0. The number of dihydropyridines is 1. The molecule has 0 aromatic heterocycles. The largest absolute Gasteiger partial charge is 0.363 e. The second-order valence-electron chi connectivity index (χ2n) is 3.68. The number of nitro benzene ring substituents is 1. The van der Waals surface area contributed by atoms with Crippen molar-refractivity contribution in [3.05, 3.63) is 74.2 Å². The van der Waals surface area contributed by atoms with Crippen LogP contribution in [0.25, 0.3) is 0 Å². The van der Waals surface area contributed by atoms with Crippen LogP contribution in [0.2, 0.25) is 0 Å². The summed E-state index contributed by atoms with van der Waals surface area (Å²) in [6, 6.07) is 5.84. The zero-order valence-electron chi connectivity index (χ0n) is 9.15. The lowest BCUT2D eigenvalue weighted by atomic mass is 9.94. The van der Waals surface area contributed by atoms with Crippen molar-refractivity contribution in [2.75, 3.05) is 0 Å². The fraction of sp³-hybridized carbons (Fsp3) is 0.0909. The first-order chi connectivity index (χ1) is 8.59. The van der Waals surface area contributed by atoms with Gasteiger partial charge < -0.3 is 5.32 Å². The standard InChI is InChI=1S/C11H9N3O4/c15-13(16)9-3-1-2-8(6-9)10-4-5-12-7-11(10)14(17)18/h1-7,10,12H. The molecule has 1 unspecified atom stereocenters. The second-order valence-corrected chi connectivity index (χ2v) is 3.68. The third-order valence-electron chi connectivity index (χ3n) is 2.59. The van der Waals surface area contributed by atoms with Gasteiger partial charge >= 0.3 is 0 Å². The molecule has 0 amide bonds. The molecule has 0 saturated carbocycles. The van der Waals surface area contributed by atoms with E-state index in [1.54, 1.807) is 18.3 Å². The van der Waals surface area contributed by atoms with E-state index in [-0.39, 0.29) is 11.4 Å². The molecule has 7 heteroatoms. The number of benzene rings is 1. The summed E-state index contributed by atoms with van der Waals surface area (Å²) in [6.45, 7) is 0. The molecular formula is C11H9N3O4. The highest BCUT2D eigenvalue weighted by Crippen LogP contribution is 2.29. The van der Waals surface area contributed by atoms with E-state index >= 15 is 0 Å². The summed E-state index contributed by atoms with van der Waals surface area (Å²) >= 11 is 0. The first-order valence-corrected chi connectivity index (χ1v) is 5.11. The van der Waals surface area contributed by atoms with Gasteiger partial charge in [-0.3, -0.25) is 20.2 Å². The average Bonchev–Trinajstić information content (AvgIpc) is 2.39. The molecule has 1 N–H and O–H groups in total. The van der Waals surface area contributed by atoms with Gasteiger partial charge in [0.2, 0.25) is 0 Å². The van der Waals surface area contributed by atoms with Crippen LogP contribution >= 0.6 is 0 Å². The minimum absolute atomic E-state index is 0.0435. The van der Waals surface area contributed by atoms with Gasteiger partial charge in [-0.2, -0.15) is 0 Å². The first-order valence-electron chi connectivity index (χ1n) is 5.11. The second kappa shape index (κ2) is 4.66. The van der Waals surface area contributed by atoms with Crippen molar-refractivity contribution in [2.24, 2.45) is 0 Å². The number of hydrogen-bond donors (Lipinski definition) is 1. The van der Waals surface area contributed by atoms with Crippen LogP contribution < -0.4 is 5.32 Å². The van der Waals surface area contributed by atoms with Crippen molar-refractivity contribution in [3.63, 3.8) is 0 Å². The molecule has 0 spiro atoms. The van der Waals surface area contributed by atoms with Gasteiger partial charge in [-0.1, -0.05) is 18.2 Å². The van der Waals surface area contributed by atoms with Crippen LogP contribution in [0.1, 0.15) is 11.5 Å². The summed E-state index contributed by atoms with van der Waals surface area (Å²) in [5.41, 5.74) is 0.394. The maximum absolute atomic E-state index is 10.9. The molecule has 1 aromatic carbocycles. The number of allylic oxidation sites excluding steroid dienone is 1. The Kier molecular flexibility index (Phi) is 3.05. The number of rotatable bonds is 3. The Bertz CT molecular complexity index is 565. The fourth-order valence-corrected chi connectivity index (χ4v) is 1.75. The van der Waals surface area contributed by atoms with Crippen LogP contribution in [0, 0.1) is 20.2 Å². The van der Waals surface area contributed by atoms with Gasteiger partial charge in [0.15, 0.2) is 0 Å². The van der Waals surface area contributed by atoms with Crippen molar-refractivity contribution >= 4 is 5.69 Å². The van der Waals surface area contributed by atoms with E-state index in [1.165, 1.54) is 24.4 Å².